The molecule has 130 valence electrons. The van der Waals surface area contributed by atoms with Crippen LogP contribution in [0.1, 0.15) is 29.0 Å². The van der Waals surface area contributed by atoms with Crippen molar-refractivity contribution in [1.29, 1.82) is 0 Å². The number of aryl methyl sites for hydroxylation is 1. The average Bonchev–Trinajstić information content (AvgIpc) is 3.04. The quantitative estimate of drug-likeness (QED) is 0.879. The number of nitrogens with zero attached hydrogens (tertiary/aromatic N) is 1. The summed E-state index contributed by atoms with van der Waals surface area (Å²) in [6.07, 6.45) is 1.82. The molecule has 0 aromatic heterocycles. The first-order valence-corrected chi connectivity index (χ1v) is 8.31. The lowest BCUT2D eigenvalue weighted by Crippen LogP contribution is -2.30. The molecule has 1 amide bonds. The molecule has 2 aromatic carbocycles. The fourth-order valence-electron chi connectivity index (χ4n) is 3.27. The first-order valence-electron chi connectivity index (χ1n) is 8.31. The molecule has 5 nitrogen and oxygen atoms in total. The van der Waals surface area contributed by atoms with E-state index in [1.165, 1.54) is 5.56 Å². The van der Waals surface area contributed by atoms with E-state index in [1.807, 2.05) is 37.4 Å². The Morgan fingerprint density at radius 3 is 2.60 bits per heavy atom. The van der Waals surface area contributed by atoms with Gasteiger partial charge < -0.3 is 14.7 Å². The summed E-state index contributed by atoms with van der Waals surface area (Å²) in [4.78, 5) is 25.0. The number of hydrogen-bond acceptors (Lipinski definition) is 3. The molecule has 5 heteroatoms. The molecule has 1 aliphatic carbocycles. The van der Waals surface area contributed by atoms with Gasteiger partial charge in [-0.1, -0.05) is 36.4 Å². The zero-order valence-corrected chi connectivity index (χ0v) is 14.1. The highest BCUT2D eigenvalue weighted by atomic mass is 16.5. The topological polar surface area (TPSA) is 66.8 Å². The van der Waals surface area contributed by atoms with Gasteiger partial charge in [0.05, 0.1) is 5.92 Å². The van der Waals surface area contributed by atoms with E-state index in [2.05, 4.69) is 6.07 Å². The molecule has 0 heterocycles. The lowest BCUT2D eigenvalue weighted by atomic mass is 10.00. The van der Waals surface area contributed by atoms with Crippen LogP contribution in [-0.2, 0) is 22.6 Å². The van der Waals surface area contributed by atoms with E-state index in [9.17, 15) is 9.59 Å². The molecule has 0 aliphatic heterocycles. The van der Waals surface area contributed by atoms with Gasteiger partial charge in [-0.05, 0) is 41.7 Å². The Morgan fingerprint density at radius 2 is 1.88 bits per heavy atom. The Hall–Kier alpha value is -2.82. The van der Waals surface area contributed by atoms with E-state index in [1.54, 1.807) is 17.0 Å². The van der Waals surface area contributed by atoms with Crippen molar-refractivity contribution in [2.45, 2.75) is 25.3 Å². The van der Waals surface area contributed by atoms with Crippen LogP contribution in [0.15, 0.2) is 48.5 Å². The minimum atomic E-state index is -1.01. The van der Waals surface area contributed by atoms with Gasteiger partial charge in [0.2, 0.25) is 5.91 Å². The van der Waals surface area contributed by atoms with Crippen LogP contribution in [0.3, 0.4) is 0 Å². The molecule has 1 N–H and O–H groups in total. The van der Waals surface area contributed by atoms with Crippen molar-refractivity contribution in [3.8, 4) is 5.75 Å². The van der Waals surface area contributed by atoms with Crippen LogP contribution in [0.25, 0.3) is 0 Å². The monoisotopic (exact) mass is 339 g/mol. The maximum Gasteiger partial charge on any atom is 0.341 e. The summed E-state index contributed by atoms with van der Waals surface area (Å²) in [5.74, 6) is -0.424. The number of likely N-dealkylation sites (N-methyl/N-ethyl adjacent to an activating group) is 1. The number of rotatable bonds is 6. The number of hydrogen-bond donors (Lipinski definition) is 1. The lowest BCUT2D eigenvalue weighted by molar-refractivity contribution is -0.139. The molecule has 0 fully saturated rings. The minimum Gasteiger partial charge on any atom is -0.482 e. The summed E-state index contributed by atoms with van der Waals surface area (Å²) in [7, 11) is 1.82. The summed E-state index contributed by atoms with van der Waals surface area (Å²) in [5.41, 5.74) is 3.40. The van der Waals surface area contributed by atoms with E-state index in [-0.39, 0.29) is 18.4 Å². The van der Waals surface area contributed by atoms with Crippen LogP contribution in [-0.4, -0.2) is 35.5 Å². The maximum atomic E-state index is 12.8. The molecule has 2 aromatic rings. The van der Waals surface area contributed by atoms with E-state index < -0.39 is 5.97 Å². The Labute approximate surface area is 146 Å². The Balaban J connectivity index is 1.61. The molecule has 0 spiro atoms. The van der Waals surface area contributed by atoms with E-state index in [0.29, 0.717) is 12.3 Å². The third-order valence-corrected chi connectivity index (χ3v) is 4.51. The normalized spacial score (nSPS) is 15.5. The molecule has 0 radical (unpaired) electrons. The van der Waals surface area contributed by atoms with Gasteiger partial charge in [-0.2, -0.15) is 0 Å². The number of carbonyl (C=O) groups excluding carboxylic acids is 1. The first-order chi connectivity index (χ1) is 12.0. The number of amides is 1. The van der Waals surface area contributed by atoms with Gasteiger partial charge in [0.25, 0.3) is 0 Å². The van der Waals surface area contributed by atoms with Crippen molar-refractivity contribution >= 4 is 11.9 Å². The van der Waals surface area contributed by atoms with Crippen LogP contribution in [0, 0.1) is 0 Å². The summed E-state index contributed by atoms with van der Waals surface area (Å²) >= 11 is 0. The smallest absolute Gasteiger partial charge is 0.341 e. The van der Waals surface area contributed by atoms with Crippen molar-refractivity contribution in [2.24, 2.45) is 0 Å². The van der Waals surface area contributed by atoms with E-state index >= 15 is 0 Å². The average molecular weight is 339 g/mol. The summed E-state index contributed by atoms with van der Waals surface area (Å²) in [6, 6.07) is 15.3. The van der Waals surface area contributed by atoms with Crippen LogP contribution < -0.4 is 4.74 Å². The fourth-order valence-corrected chi connectivity index (χ4v) is 3.27. The lowest BCUT2D eigenvalue weighted by Gasteiger charge is -2.22. The maximum absolute atomic E-state index is 12.8. The second kappa shape index (κ2) is 7.38. The number of aliphatic carboxylic acids is 1. The predicted octanol–water partition coefficient (Wildman–Crippen LogP) is 2.84. The van der Waals surface area contributed by atoms with Crippen LogP contribution in [0.4, 0.5) is 0 Å². The molecule has 25 heavy (non-hydrogen) atoms. The molecule has 0 saturated heterocycles. The minimum absolute atomic E-state index is 0.0561. The van der Waals surface area contributed by atoms with E-state index in [4.69, 9.17) is 9.84 Å². The standard InChI is InChI=1S/C20H21NO4/c1-21(12-14-6-9-16(10-7-14)25-13-19(22)23)20(24)18-11-8-15-4-2-3-5-17(15)18/h2-7,9-10,18H,8,11-13H2,1H3,(H,22,23). The Morgan fingerprint density at radius 1 is 1.16 bits per heavy atom. The third kappa shape index (κ3) is 3.99. The van der Waals surface area contributed by atoms with Crippen LogP contribution in [0.5, 0.6) is 5.75 Å². The first kappa shape index (κ1) is 17.0. The fraction of sp³-hybridized carbons (Fsp3) is 0.300. The number of carboxylic acid groups (broad SMARTS) is 1. The van der Waals surface area contributed by atoms with Crippen molar-refractivity contribution in [3.05, 3.63) is 65.2 Å². The number of carboxylic acids is 1. The highest BCUT2D eigenvalue weighted by molar-refractivity contribution is 5.84. The van der Waals surface area contributed by atoms with Gasteiger partial charge >= 0.3 is 5.97 Å². The van der Waals surface area contributed by atoms with Gasteiger partial charge in [0.15, 0.2) is 6.61 Å². The Kier molecular flexibility index (Phi) is 5.03. The largest absolute Gasteiger partial charge is 0.482 e. The molecular weight excluding hydrogens is 318 g/mol. The zero-order valence-electron chi connectivity index (χ0n) is 14.1. The number of ether oxygens (including phenoxy) is 1. The van der Waals surface area contributed by atoms with Gasteiger partial charge in [0.1, 0.15) is 5.75 Å². The molecule has 0 bridgehead atoms. The van der Waals surface area contributed by atoms with Crippen molar-refractivity contribution in [2.75, 3.05) is 13.7 Å². The molecule has 1 atom stereocenters. The highest BCUT2D eigenvalue weighted by Crippen LogP contribution is 2.34. The predicted molar refractivity (Wildman–Crippen MR) is 93.6 cm³/mol. The zero-order chi connectivity index (χ0) is 17.8. The van der Waals surface area contributed by atoms with Gasteiger partial charge in [-0.15, -0.1) is 0 Å². The van der Waals surface area contributed by atoms with E-state index in [0.717, 1.165) is 24.0 Å². The summed E-state index contributed by atoms with van der Waals surface area (Å²) in [5, 5.41) is 8.61. The van der Waals surface area contributed by atoms with Gasteiger partial charge in [0, 0.05) is 13.6 Å². The second-order valence-electron chi connectivity index (χ2n) is 6.31. The van der Waals surface area contributed by atoms with Crippen LogP contribution in [0.2, 0.25) is 0 Å². The second-order valence-corrected chi connectivity index (χ2v) is 6.31. The van der Waals surface area contributed by atoms with Crippen molar-refractivity contribution in [3.63, 3.8) is 0 Å². The van der Waals surface area contributed by atoms with Crippen molar-refractivity contribution < 1.29 is 19.4 Å². The molecule has 1 aliphatic rings. The number of fused-ring (bicyclic) bond motifs is 1. The summed E-state index contributed by atoms with van der Waals surface area (Å²) < 4.78 is 5.12. The van der Waals surface area contributed by atoms with Gasteiger partial charge in [-0.25, -0.2) is 4.79 Å². The number of carbonyl (C=O) groups is 2. The number of benzene rings is 2. The van der Waals surface area contributed by atoms with Crippen molar-refractivity contribution in [1.82, 2.24) is 4.90 Å². The molecule has 1 unspecified atom stereocenters. The third-order valence-electron chi connectivity index (χ3n) is 4.51. The highest BCUT2D eigenvalue weighted by Gasteiger charge is 2.30. The molecule has 3 rings (SSSR count). The molecular formula is C20H21NO4. The van der Waals surface area contributed by atoms with Gasteiger partial charge in [-0.3, -0.25) is 4.79 Å². The van der Waals surface area contributed by atoms with Crippen LogP contribution >= 0.6 is 0 Å². The summed E-state index contributed by atoms with van der Waals surface area (Å²) in [6.45, 7) is 0.148. The Bertz CT molecular complexity index is 770. The molecule has 0 saturated carbocycles. The SMILES string of the molecule is CN(Cc1ccc(OCC(=O)O)cc1)C(=O)C1CCc2ccccc21.